The van der Waals surface area contributed by atoms with Crippen molar-refractivity contribution in [1.82, 2.24) is 5.16 Å². The molecule has 0 radical (unpaired) electrons. The van der Waals surface area contributed by atoms with Gasteiger partial charge in [0.1, 0.15) is 11.5 Å². The molecule has 1 atom stereocenters. The molecule has 1 unspecified atom stereocenters. The smallest absolute Gasteiger partial charge is 0.267 e. The summed E-state index contributed by atoms with van der Waals surface area (Å²) in [6, 6.07) is 15.2. The highest BCUT2D eigenvalue weighted by molar-refractivity contribution is 5.95. The highest BCUT2D eigenvalue weighted by atomic mass is 16.5. The van der Waals surface area contributed by atoms with Gasteiger partial charge in [-0.25, -0.2) is 0 Å². The Kier molecular flexibility index (Phi) is 4.08. The summed E-state index contributed by atoms with van der Waals surface area (Å²) in [7, 11) is 0. The summed E-state index contributed by atoms with van der Waals surface area (Å²) in [5.74, 6) is 1.25. The quantitative estimate of drug-likeness (QED) is 0.753. The Balaban J connectivity index is 1.52. The van der Waals surface area contributed by atoms with Crippen LogP contribution < -0.4 is 15.4 Å². The van der Waals surface area contributed by atoms with Crippen molar-refractivity contribution in [2.24, 2.45) is 0 Å². The minimum Gasteiger partial charge on any atom is -0.477 e. The molecule has 1 amide bonds. The van der Waals surface area contributed by atoms with Crippen molar-refractivity contribution in [3.8, 4) is 16.9 Å². The molecule has 0 spiro atoms. The third-order valence-electron chi connectivity index (χ3n) is 4.38. The number of benzene rings is 2. The zero-order chi connectivity index (χ0) is 18.1. The van der Waals surface area contributed by atoms with Crippen LogP contribution in [0.1, 0.15) is 11.5 Å². The summed E-state index contributed by atoms with van der Waals surface area (Å²) >= 11 is 0. The predicted octanol–water partition coefficient (Wildman–Crippen LogP) is 3.77. The summed E-state index contributed by atoms with van der Waals surface area (Å²) in [4.78, 5) is 12.4. The molecule has 2 N–H and O–H groups in total. The Morgan fingerprint density at radius 3 is 2.73 bits per heavy atom. The fourth-order valence-corrected chi connectivity index (χ4v) is 3.11. The number of nitrogens with zero attached hydrogens (tertiary/aromatic N) is 1. The Hall–Kier alpha value is -3.28. The van der Waals surface area contributed by atoms with Crippen molar-refractivity contribution in [2.75, 3.05) is 17.2 Å². The highest BCUT2D eigenvalue weighted by Crippen LogP contribution is 2.36. The van der Waals surface area contributed by atoms with Gasteiger partial charge in [-0.05, 0) is 43.7 Å². The minimum atomic E-state index is -0.590. The normalized spacial score (nSPS) is 15.5. The van der Waals surface area contributed by atoms with E-state index in [4.69, 9.17) is 9.26 Å². The summed E-state index contributed by atoms with van der Waals surface area (Å²) in [6.07, 6.45) is -0.590. The monoisotopic (exact) mass is 349 g/mol. The van der Waals surface area contributed by atoms with Crippen molar-refractivity contribution in [3.05, 3.63) is 60.0 Å². The number of amides is 1. The van der Waals surface area contributed by atoms with Gasteiger partial charge in [0, 0.05) is 11.3 Å². The van der Waals surface area contributed by atoms with E-state index in [9.17, 15) is 4.79 Å². The number of para-hydroxylation sites is 1. The second kappa shape index (κ2) is 6.55. The lowest BCUT2D eigenvalue weighted by molar-refractivity contribution is -0.122. The average molecular weight is 349 g/mol. The number of rotatable bonds is 3. The molecule has 1 aliphatic heterocycles. The summed E-state index contributed by atoms with van der Waals surface area (Å²) in [6.45, 7) is 4.21. The number of aromatic nitrogens is 1. The summed E-state index contributed by atoms with van der Waals surface area (Å²) in [5, 5.41) is 10.2. The first-order valence-corrected chi connectivity index (χ1v) is 8.45. The molecule has 4 rings (SSSR count). The molecular formula is C20H19N3O3. The second-order valence-electron chi connectivity index (χ2n) is 6.25. The maximum atomic E-state index is 12.4. The predicted molar refractivity (Wildman–Crippen MR) is 99.4 cm³/mol. The van der Waals surface area contributed by atoms with E-state index in [1.807, 2.05) is 62.4 Å². The van der Waals surface area contributed by atoms with Crippen molar-refractivity contribution in [1.29, 1.82) is 0 Å². The first-order chi connectivity index (χ1) is 12.6. The van der Waals surface area contributed by atoms with E-state index < -0.39 is 6.10 Å². The molecule has 1 aromatic heterocycles. The standard InChI is InChI=1S/C20H19N3O3/c1-12-19(13(2)26-23-12)14-8-9-17-16(10-14)21-11-18(25-17)20(24)22-15-6-4-3-5-7-15/h3-10,18,21H,11H2,1-2H3,(H,22,24). The van der Waals surface area contributed by atoms with Crippen LogP contribution in [0.25, 0.3) is 11.1 Å². The molecule has 1 aliphatic rings. The fourth-order valence-electron chi connectivity index (χ4n) is 3.11. The van der Waals surface area contributed by atoms with Crippen LogP contribution in [0.3, 0.4) is 0 Å². The van der Waals surface area contributed by atoms with Crippen LogP contribution in [0, 0.1) is 13.8 Å². The van der Waals surface area contributed by atoms with Gasteiger partial charge in [0.05, 0.1) is 17.9 Å². The summed E-state index contributed by atoms with van der Waals surface area (Å²) in [5.41, 5.74) is 4.44. The minimum absolute atomic E-state index is 0.177. The lowest BCUT2D eigenvalue weighted by atomic mass is 10.0. The Labute approximate surface area is 151 Å². The number of hydrogen-bond acceptors (Lipinski definition) is 5. The van der Waals surface area contributed by atoms with Gasteiger partial charge in [-0.1, -0.05) is 29.4 Å². The maximum absolute atomic E-state index is 12.4. The average Bonchev–Trinajstić information content (AvgIpc) is 3.00. The van der Waals surface area contributed by atoms with Crippen LogP contribution in [0.15, 0.2) is 53.1 Å². The molecule has 0 bridgehead atoms. The van der Waals surface area contributed by atoms with E-state index in [1.54, 1.807) is 0 Å². The number of carbonyl (C=O) groups excluding carboxylic acids is 1. The number of ether oxygens (including phenoxy) is 1. The van der Waals surface area contributed by atoms with E-state index in [1.165, 1.54) is 0 Å². The largest absolute Gasteiger partial charge is 0.477 e. The first-order valence-electron chi connectivity index (χ1n) is 8.45. The van der Waals surface area contributed by atoms with Gasteiger partial charge in [-0.15, -0.1) is 0 Å². The summed E-state index contributed by atoms with van der Waals surface area (Å²) < 4.78 is 11.1. The number of anilines is 2. The third kappa shape index (κ3) is 3.01. The van der Waals surface area contributed by atoms with Crippen LogP contribution in [-0.4, -0.2) is 23.7 Å². The van der Waals surface area contributed by atoms with Crippen molar-refractivity contribution in [3.63, 3.8) is 0 Å². The Bertz CT molecular complexity index is 931. The van der Waals surface area contributed by atoms with Gasteiger partial charge in [0.2, 0.25) is 0 Å². The van der Waals surface area contributed by atoms with Gasteiger partial charge in [-0.2, -0.15) is 0 Å². The molecular weight excluding hydrogens is 330 g/mol. The van der Waals surface area contributed by atoms with Crippen molar-refractivity contribution >= 4 is 17.3 Å². The second-order valence-corrected chi connectivity index (χ2v) is 6.25. The van der Waals surface area contributed by atoms with Crippen molar-refractivity contribution < 1.29 is 14.1 Å². The lowest BCUT2D eigenvalue weighted by Crippen LogP contribution is -2.41. The number of carbonyl (C=O) groups is 1. The van der Waals surface area contributed by atoms with E-state index in [-0.39, 0.29) is 5.91 Å². The lowest BCUT2D eigenvalue weighted by Gasteiger charge is -2.27. The fraction of sp³-hybridized carbons (Fsp3) is 0.200. The molecule has 2 heterocycles. The Morgan fingerprint density at radius 1 is 1.19 bits per heavy atom. The Morgan fingerprint density at radius 2 is 2.00 bits per heavy atom. The van der Waals surface area contributed by atoms with Crippen LogP contribution in [0.2, 0.25) is 0 Å². The molecule has 132 valence electrons. The molecule has 3 aromatic rings. The molecule has 0 fully saturated rings. The maximum Gasteiger partial charge on any atom is 0.267 e. The number of hydrogen-bond donors (Lipinski definition) is 2. The molecule has 0 saturated heterocycles. The van der Waals surface area contributed by atoms with E-state index in [0.29, 0.717) is 12.3 Å². The van der Waals surface area contributed by atoms with Crippen LogP contribution in [0.4, 0.5) is 11.4 Å². The van der Waals surface area contributed by atoms with Gasteiger partial charge in [-0.3, -0.25) is 4.79 Å². The van der Waals surface area contributed by atoms with Gasteiger partial charge in [0.25, 0.3) is 5.91 Å². The van der Waals surface area contributed by atoms with Gasteiger partial charge in [0.15, 0.2) is 6.10 Å². The molecule has 26 heavy (non-hydrogen) atoms. The molecule has 0 saturated carbocycles. The SMILES string of the molecule is Cc1noc(C)c1-c1ccc2c(c1)NCC(C(=O)Nc1ccccc1)O2. The van der Waals surface area contributed by atoms with Gasteiger partial charge < -0.3 is 19.9 Å². The third-order valence-corrected chi connectivity index (χ3v) is 4.38. The number of fused-ring (bicyclic) bond motifs is 1. The van der Waals surface area contributed by atoms with Crippen LogP contribution >= 0.6 is 0 Å². The van der Waals surface area contributed by atoms with Crippen molar-refractivity contribution in [2.45, 2.75) is 20.0 Å². The topological polar surface area (TPSA) is 76.4 Å². The van der Waals surface area contributed by atoms with E-state index in [2.05, 4.69) is 15.8 Å². The van der Waals surface area contributed by atoms with Crippen LogP contribution in [0.5, 0.6) is 5.75 Å². The highest BCUT2D eigenvalue weighted by Gasteiger charge is 2.26. The van der Waals surface area contributed by atoms with E-state index >= 15 is 0 Å². The molecule has 6 nitrogen and oxygen atoms in total. The zero-order valence-electron chi connectivity index (χ0n) is 14.6. The van der Waals surface area contributed by atoms with Crippen LogP contribution in [-0.2, 0) is 4.79 Å². The number of aryl methyl sites for hydroxylation is 2. The molecule has 0 aliphatic carbocycles. The number of nitrogens with one attached hydrogen (secondary N) is 2. The van der Waals surface area contributed by atoms with E-state index in [0.717, 1.165) is 34.0 Å². The zero-order valence-corrected chi connectivity index (χ0v) is 14.6. The first kappa shape index (κ1) is 16.2. The van der Waals surface area contributed by atoms with Gasteiger partial charge >= 0.3 is 0 Å². The molecule has 6 heteroatoms. The molecule has 2 aromatic carbocycles.